The Labute approximate surface area is 379 Å². The van der Waals surface area contributed by atoms with Crippen LogP contribution >= 0.6 is 11.6 Å². The second-order valence-electron chi connectivity index (χ2n) is 15.9. The summed E-state index contributed by atoms with van der Waals surface area (Å²) < 4.78 is 0. The van der Waals surface area contributed by atoms with Crippen molar-refractivity contribution >= 4 is 52.6 Å². The van der Waals surface area contributed by atoms with Crippen molar-refractivity contribution in [2.45, 2.75) is 121 Å². The highest BCUT2D eigenvalue weighted by Crippen LogP contribution is 2.22. The minimum absolute atomic E-state index is 0.0165. The van der Waals surface area contributed by atoms with Gasteiger partial charge < -0.3 is 53.0 Å². The number of nitrogens with two attached hydrogens (primary N) is 3. The minimum Gasteiger partial charge on any atom is -0.394 e. The third-order valence-corrected chi connectivity index (χ3v) is 11.0. The molecule has 3 aromatic rings. The number of aliphatic hydroxyl groups excluding tert-OH is 5. The van der Waals surface area contributed by atoms with Crippen LogP contribution in [0, 0.1) is 0 Å². The number of anilines is 2. The number of unbranched alkanes of at least 4 members (excludes halogenated alkanes) is 5. The van der Waals surface area contributed by atoms with Crippen LogP contribution in [0.3, 0.4) is 0 Å². The summed E-state index contributed by atoms with van der Waals surface area (Å²) in [6.45, 7) is 4.02. The van der Waals surface area contributed by atoms with E-state index in [4.69, 9.17) is 33.9 Å². The van der Waals surface area contributed by atoms with Crippen molar-refractivity contribution < 1.29 is 44.7 Å². The van der Waals surface area contributed by atoms with Crippen LogP contribution < -0.4 is 27.8 Å². The lowest BCUT2D eigenvalue weighted by Crippen LogP contribution is -2.50. The standard InChI is InChI=1S/C45H66ClN9O9/c1-3-4-5-9-24-55(26-34(58)39(62)40(63)35(59)27-56)25-10-7-12-33(38(61)28(2)57)51-36(60)22-17-30-15-20-32(21-16-30)31-18-13-29(14-19-31)11-6-8-23-50-45(49)54-44(64)37-42(47)53-43(48)41(46)52-37/h13-16,18-21,33-35,39-40,56,58-59,62-63H,3-12,17,22-27H2,1-2H3,(H,51,60)(H4,47,48,53)(H3,49,50,54,64)/t33-,34-,35+,39+,40+/m0/s1. The van der Waals surface area contributed by atoms with Gasteiger partial charge in [0.15, 0.2) is 34.2 Å². The predicted molar refractivity (Wildman–Crippen MR) is 246 cm³/mol. The number of benzene rings is 2. The Hall–Kier alpha value is -5.08. The number of aryl methyl sites for hydroxylation is 2. The van der Waals surface area contributed by atoms with Gasteiger partial charge in [-0.25, -0.2) is 9.97 Å². The van der Waals surface area contributed by atoms with Crippen LogP contribution in [0.5, 0.6) is 0 Å². The summed E-state index contributed by atoms with van der Waals surface area (Å²) >= 11 is 5.84. The number of nitrogens with zero attached hydrogens (tertiary/aromatic N) is 4. The normalized spacial score (nSPS) is 14.1. The van der Waals surface area contributed by atoms with Gasteiger partial charge in [-0.3, -0.25) is 29.5 Å². The van der Waals surface area contributed by atoms with Crippen LogP contribution in [0.4, 0.5) is 11.6 Å². The minimum atomic E-state index is -1.72. The lowest BCUT2D eigenvalue weighted by atomic mass is 9.99. The van der Waals surface area contributed by atoms with Crippen molar-refractivity contribution in [3.05, 3.63) is 70.5 Å². The number of aromatic nitrogens is 2. The molecule has 0 aliphatic carbocycles. The quantitative estimate of drug-likeness (QED) is 0.0206. The number of carbonyl (C=O) groups excluding carboxylic acids is 4. The first-order valence-electron chi connectivity index (χ1n) is 21.8. The smallest absolute Gasteiger partial charge is 0.280 e. The summed E-state index contributed by atoms with van der Waals surface area (Å²) in [4.78, 5) is 64.0. The van der Waals surface area contributed by atoms with Crippen molar-refractivity contribution in [1.29, 1.82) is 0 Å². The summed E-state index contributed by atoms with van der Waals surface area (Å²) in [6.07, 6.45) is 1.78. The number of ketones is 2. The highest BCUT2D eigenvalue weighted by atomic mass is 35.5. The number of hydrogen-bond donors (Lipinski definition) is 10. The predicted octanol–water partition coefficient (Wildman–Crippen LogP) is 2.09. The summed E-state index contributed by atoms with van der Waals surface area (Å²) in [5.41, 5.74) is 21.0. The highest BCUT2D eigenvalue weighted by molar-refractivity contribution is 6.38. The lowest BCUT2D eigenvalue weighted by Gasteiger charge is -2.30. The maximum atomic E-state index is 13.0. The van der Waals surface area contributed by atoms with Gasteiger partial charge in [0, 0.05) is 26.4 Å². The van der Waals surface area contributed by atoms with E-state index in [2.05, 4.69) is 44.7 Å². The van der Waals surface area contributed by atoms with E-state index < -0.39 is 54.5 Å². The molecule has 0 saturated carbocycles. The maximum absolute atomic E-state index is 13.0. The van der Waals surface area contributed by atoms with Crippen molar-refractivity contribution in [1.82, 2.24) is 25.5 Å². The SMILES string of the molecule is CCCCCCN(CCCC[C@H](NC(=O)CCc1ccc(-c2ccc(CCCCN=C(N)NC(=O)c3nc(Cl)c(N)nc3N)cc2)cc1)C(=O)C(C)=O)C[C@H](O)[C@@H](O)[C@H](O)[C@H](O)CO. The number of carbonyl (C=O) groups is 4. The molecule has 13 N–H and O–H groups in total. The molecule has 0 spiro atoms. The van der Waals surface area contributed by atoms with E-state index in [1.165, 1.54) is 6.92 Å². The molecule has 3 rings (SSSR count). The molecule has 1 heterocycles. The molecule has 18 nitrogen and oxygen atoms in total. The first kappa shape index (κ1) is 53.3. The average molecular weight is 913 g/mol. The Morgan fingerprint density at radius 2 is 1.38 bits per heavy atom. The van der Waals surface area contributed by atoms with Crippen molar-refractivity contribution in [3.63, 3.8) is 0 Å². The molecule has 0 fully saturated rings. The number of aliphatic hydroxyl groups is 5. The Balaban J connectivity index is 1.44. The fourth-order valence-corrected chi connectivity index (χ4v) is 7.03. The van der Waals surface area contributed by atoms with Gasteiger partial charge in [0.1, 0.15) is 18.3 Å². The van der Waals surface area contributed by atoms with E-state index in [1.807, 2.05) is 41.3 Å². The summed E-state index contributed by atoms with van der Waals surface area (Å²) in [7, 11) is 0. The molecule has 1 aromatic heterocycles. The van der Waals surface area contributed by atoms with Gasteiger partial charge in [-0.2, -0.15) is 0 Å². The van der Waals surface area contributed by atoms with Gasteiger partial charge in [0.05, 0.1) is 18.8 Å². The number of hydrogen-bond acceptors (Lipinski definition) is 15. The molecule has 0 radical (unpaired) electrons. The number of amides is 2. The number of nitrogens with one attached hydrogen (secondary N) is 2. The van der Waals surface area contributed by atoms with Crippen LogP contribution in [-0.2, 0) is 27.2 Å². The number of Topliss-reactive ketones (excluding diaryl/α,β-unsaturated/α-hetero) is 2. The zero-order valence-corrected chi connectivity index (χ0v) is 37.6. The number of rotatable bonds is 29. The van der Waals surface area contributed by atoms with Gasteiger partial charge in [0.25, 0.3) is 5.91 Å². The summed E-state index contributed by atoms with van der Waals surface area (Å²) in [5, 5.41) is 54.8. The van der Waals surface area contributed by atoms with Gasteiger partial charge in [-0.15, -0.1) is 0 Å². The monoisotopic (exact) mass is 911 g/mol. The molecule has 352 valence electrons. The van der Waals surface area contributed by atoms with Gasteiger partial charge in [-0.1, -0.05) is 86.3 Å². The summed E-state index contributed by atoms with van der Waals surface area (Å²) in [5.74, 6) is -2.71. The van der Waals surface area contributed by atoms with E-state index in [9.17, 15) is 39.6 Å². The largest absolute Gasteiger partial charge is 0.394 e. The van der Waals surface area contributed by atoms with E-state index >= 15 is 0 Å². The molecule has 2 aromatic carbocycles. The molecule has 0 unspecified atom stereocenters. The van der Waals surface area contributed by atoms with Crippen molar-refractivity contribution in [2.24, 2.45) is 10.7 Å². The molecule has 0 aliphatic heterocycles. The first-order chi connectivity index (χ1) is 30.5. The molecular formula is C45H66ClN9O9. The Morgan fingerprint density at radius 1 is 0.781 bits per heavy atom. The second kappa shape index (κ2) is 28.0. The third kappa shape index (κ3) is 18.2. The van der Waals surface area contributed by atoms with Crippen LogP contribution in [0.1, 0.15) is 99.7 Å². The van der Waals surface area contributed by atoms with E-state index in [0.717, 1.165) is 67.2 Å². The Morgan fingerprint density at radius 3 is 1.97 bits per heavy atom. The van der Waals surface area contributed by atoms with Gasteiger partial charge in [-0.05, 0) is 86.7 Å². The molecular weight excluding hydrogens is 846 g/mol. The zero-order chi connectivity index (χ0) is 47.2. The van der Waals surface area contributed by atoms with E-state index in [1.54, 1.807) is 0 Å². The number of nitrogen functional groups attached to an aromatic ring is 2. The van der Waals surface area contributed by atoms with E-state index in [0.29, 0.717) is 38.9 Å². The zero-order valence-electron chi connectivity index (χ0n) is 36.8. The van der Waals surface area contributed by atoms with Crippen LogP contribution in [0.25, 0.3) is 11.1 Å². The molecule has 0 saturated heterocycles. The lowest BCUT2D eigenvalue weighted by molar-refractivity contribution is -0.138. The van der Waals surface area contributed by atoms with Crippen LogP contribution in [0.2, 0.25) is 5.15 Å². The Kier molecular flexibility index (Phi) is 23.3. The van der Waals surface area contributed by atoms with Crippen LogP contribution in [-0.4, -0.2) is 133 Å². The third-order valence-electron chi connectivity index (χ3n) is 10.7. The van der Waals surface area contributed by atoms with E-state index in [-0.39, 0.29) is 53.7 Å². The fourth-order valence-electron chi connectivity index (χ4n) is 6.91. The molecule has 5 atom stereocenters. The van der Waals surface area contributed by atoms with Crippen molar-refractivity contribution in [3.8, 4) is 11.1 Å². The molecule has 2 amide bonds. The molecule has 19 heteroatoms. The maximum Gasteiger partial charge on any atom is 0.280 e. The topological polar surface area (TPSA) is 313 Å². The average Bonchev–Trinajstić information content (AvgIpc) is 3.28. The Bertz CT molecular complexity index is 1970. The van der Waals surface area contributed by atoms with Gasteiger partial charge in [0.2, 0.25) is 11.7 Å². The van der Waals surface area contributed by atoms with Gasteiger partial charge >= 0.3 is 0 Å². The molecule has 64 heavy (non-hydrogen) atoms. The number of halogens is 1. The second-order valence-corrected chi connectivity index (χ2v) is 16.3. The molecule has 0 aliphatic rings. The van der Waals surface area contributed by atoms with Crippen LogP contribution in [0.15, 0.2) is 53.5 Å². The first-order valence-corrected chi connectivity index (χ1v) is 22.2. The molecule has 0 bridgehead atoms. The number of guanidine groups is 1. The van der Waals surface area contributed by atoms with Crippen molar-refractivity contribution in [2.75, 3.05) is 44.3 Å². The highest BCUT2D eigenvalue weighted by Gasteiger charge is 2.31. The summed E-state index contributed by atoms with van der Waals surface area (Å²) in [6, 6.07) is 15.1. The fraction of sp³-hybridized carbons (Fsp3) is 0.533. The number of aliphatic imine (C=N–C) groups is 1.